The normalized spacial score (nSPS) is 11.4. The number of hydrogen-bond donors (Lipinski definition) is 0. The number of hydrogen-bond acceptors (Lipinski definition) is 5. The highest BCUT2D eigenvalue weighted by molar-refractivity contribution is 6.07. The Labute approximate surface area is 336 Å². The smallest absolute Gasteiger partial charge is 0.164 e. The SMILES string of the molecule is c1ccc(-c2nc(-c3ccccc3)nc(-c3ccc(-c4nc(-c5cccc6c5-c5ccccc5-c5ccccc5-c5ccccc5-6)nc5ccccc45)cc3)n2)cc1. The third kappa shape index (κ3) is 5.76. The lowest BCUT2D eigenvalue weighted by Crippen LogP contribution is -2.01. The first kappa shape index (κ1) is 33.4. The molecule has 0 aliphatic heterocycles. The van der Waals surface area contributed by atoms with Crippen molar-refractivity contribution in [3.05, 3.63) is 200 Å². The summed E-state index contributed by atoms with van der Waals surface area (Å²) in [5.41, 5.74) is 15.9. The number of aromatic nitrogens is 5. The van der Waals surface area contributed by atoms with Crippen LogP contribution in [-0.4, -0.2) is 24.9 Å². The van der Waals surface area contributed by atoms with Crippen molar-refractivity contribution < 1.29 is 0 Å². The van der Waals surface area contributed by atoms with E-state index in [1.165, 1.54) is 27.8 Å². The Bertz CT molecular complexity index is 3090. The number of nitrogens with zero attached hydrogens (tertiary/aromatic N) is 5. The molecule has 5 heteroatoms. The number of para-hydroxylation sites is 1. The van der Waals surface area contributed by atoms with E-state index in [0.29, 0.717) is 23.3 Å². The van der Waals surface area contributed by atoms with Crippen LogP contribution in [0.2, 0.25) is 0 Å². The molecule has 0 bridgehead atoms. The van der Waals surface area contributed by atoms with Crippen molar-refractivity contribution >= 4 is 10.9 Å². The second-order valence-corrected chi connectivity index (χ2v) is 14.4. The molecule has 2 aromatic heterocycles. The van der Waals surface area contributed by atoms with E-state index in [4.69, 9.17) is 24.9 Å². The Balaban J connectivity index is 1.08. The van der Waals surface area contributed by atoms with E-state index >= 15 is 0 Å². The summed E-state index contributed by atoms with van der Waals surface area (Å²) in [6, 6.07) is 69.4. The first-order valence-electron chi connectivity index (χ1n) is 19.4. The summed E-state index contributed by atoms with van der Waals surface area (Å²) in [7, 11) is 0. The van der Waals surface area contributed by atoms with Gasteiger partial charge >= 0.3 is 0 Å². The van der Waals surface area contributed by atoms with E-state index < -0.39 is 0 Å². The molecule has 0 saturated carbocycles. The summed E-state index contributed by atoms with van der Waals surface area (Å²) in [6.45, 7) is 0. The molecule has 2 heterocycles. The van der Waals surface area contributed by atoms with Crippen LogP contribution in [0.15, 0.2) is 200 Å². The lowest BCUT2D eigenvalue weighted by atomic mass is 9.79. The van der Waals surface area contributed by atoms with Gasteiger partial charge in [0.15, 0.2) is 23.3 Å². The first-order chi connectivity index (χ1) is 28.8. The van der Waals surface area contributed by atoms with Gasteiger partial charge in [-0.05, 0) is 45.0 Å². The van der Waals surface area contributed by atoms with E-state index in [1.54, 1.807) is 0 Å². The number of fused-ring (bicyclic) bond motifs is 9. The van der Waals surface area contributed by atoms with E-state index in [9.17, 15) is 0 Å². The maximum absolute atomic E-state index is 5.43. The van der Waals surface area contributed by atoms with Gasteiger partial charge in [-0.3, -0.25) is 0 Å². The predicted molar refractivity (Wildman–Crippen MR) is 235 cm³/mol. The molecule has 10 aromatic rings. The van der Waals surface area contributed by atoms with Crippen LogP contribution >= 0.6 is 0 Å². The Morgan fingerprint density at radius 3 is 1.19 bits per heavy atom. The van der Waals surface area contributed by atoms with Crippen molar-refractivity contribution in [1.82, 2.24) is 24.9 Å². The third-order valence-corrected chi connectivity index (χ3v) is 10.9. The maximum atomic E-state index is 5.43. The molecule has 0 unspecified atom stereocenters. The van der Waals surface area contributed by atoms with Gasteiger partial charge in [-0.25, -0.2) is 24.9 Å². The molecule has 0 spiro atoms. The minimum atomic E-state index is 0.607. The van der Waals surface area contributed by atoms with Gasteiger partial charge in [0.05, 0.1) is 11.2 Å². The molecule has 0 atom stereocenters. The average molecular weight is 740 g/mol. The quantitative estimate of drug-likeness (QED) is 0.176. The molecule has 1 aliphatic carbocycles. The zero-order chi connectivity index (χ0) is 38.4. The molecule has 58 heavy (non-hydrogen) atoms. The predicted octanol–water partition coefficient (Wildman–Crippen LogP) is 13.1. The van der Waals surface area contributed by atoms with Gasteiger partial charge in [-0.15, -0.1) is 0 Å². The number of benzene rings is 8. The standard InChI is InChI=1S/C53H33N5/c1-3-16-35(17-4-1)50-56-51(36-18-5-2-6-19-36)58-52(57-50)37-32-30-34(31-33-37)49-45-26-13-14-29-47(45)54-53(55-49)46-28-15-27-44-42-23-10-9-22-40(42)38-20-7-8-21-39(38)41-24-11-12-25-43(41)48(44)46/h1-33H. The Kier molecular flexibility index (Phi) is 8.07. The highest BCUT2D eigenvalue weighted by Gasteiger charge is 2.25. The van der Waals surface area contributed by atoms with Crippen LogP contribution in [0.5, 0.6) is 0 Å². The van der Waals surface area contributed by atoms with Crippen LogP contribution in [0.4, 0.5) is 0 Å². The zero-order valence-electron chi connectivity index (χ0n) is 31.3. The van der Waals surface area contributed by atoms with Crippen LogP contribution < -0.4 is 0 Å². The molecule has 5 nitrogen and oxygen atoms in total. The summed E-state index contributed by atoms with van der Waals surface area (Å²) >= 11 is 0. The summed E-state index contributed by atoms with van der Waals surface area (Å²) in [5, 5.41) is 0.982. The summed E-state index contributed by atoms with van der Waals surface area (Å²) < 4.78 is 0. The van der Waals surface area contributed by atoms with Gasteiger partial charge in [-0.2, -0.15) is 0 Å². The third-order valence-electron chi connectivity index (χ3n) is 10.9. The topological polar surface area (TPSA) is 64.5 Å². The van der Waals surface area contributed by atoms with Crippen LogP contribution in [0.3, 0.4) is 0 Å². The van der Waals surface area contributed by atoms with Crippen LogP contribution in [0.25, 0.3) is 112 Å². The molecule has 0 fully saturated rings. The Morgan fingerprint density at radius 2 is 0.621 bits per heavy atom. The van der Waals surface area contributed by atoms with Crippen molar-refractivity contribution in [3.8, 4) is 101 Å². The molecule has 8 aromatic carbocycles. The fourth-order valence-electron chi connectivity index (χ4n) is 8.23. The van der Waals surface area contributed by atoms with Crippen LogP contribution in [0, 0.1) is 0 Å². The maximum Gasteiger partial charge on any atom is 0.164 e. The molecule has 0 saturated heterocycles. The first-order valence-corrected chi connectivity index (χ1v) is 19.4. The van der Waals surface area contributed by atoms with Crippen molar-refractivity contribution in [2.45, 2.75) is 0 Å². The second-order valence-electron chi connectivity index (χ2n) is 14.4. The molecule has 0 N–H and O–H groups in total. The highest BCUT2D eigenvalue weighted by Crippen LogP contribution is 2.50. The number of rotatable bonds is 5. The largest absolute Gasteiger partial charge is 0.228 e. The molecule has 0 radical (unpaired) electrons. The molecule has 1 aliphatic rings. The Hall–Kier alpha value is -7.89. The van der Waals surface area contributed by atoms with Crippen molar-refractivity contribution in [2.24, 2.45) is 0 Å². The highest BCUT2D eigenvalue weighted by atomic mass is 15.0. The molecule has 270 valence electrons. The Morgan fingerprint density at radius 1 is 0.224 bits per heavy atom. The minimum absolute atomic E-state index is 0.607. The monoisotopic (exact) mass is 739 g/mol. The van der Waals surface area contributed by atoms with Crippen LogP contribution in [-0.2, 0) is 0 Å². The zero-order valence-corrected chi connectivity index (χ0v) is 31.3. The van der Waals surface area contributed by atoms with E-state index in [-0.39, 0.29) is 0 Å². The van der Waals surface area contributed by atoms with Crippen molar-refractivity contribution in [2.75, 3.05) is 0 Å². The second kappa shape index (κ2) is 14.0. The lowest BCUT2D eigenvalue weighted by Gasteiger charge is -2.24. The van der Waals surface area contributed by atoms with Gasteiger partial charge in [-0.1, -0.05) is 194 Å². The summed E-state index contributed by atoms with van der Waals surface area (Å²) in [4.78, 5) is 25.5. The summed E-state index contributed by atoms with van der Waals surface area (Å²) in [6.07, 6.45) is 0. The van der Waals surface area contributed by atoms with E-state index in [1.807, 2.05) is 72.8 Å². The van der Waals surface area contributed by atoms with Gasteiger partial charge in [0.2, 0.25) is 0 Å². The fraction of sp³-hybridized carbons (Fsp3) is 0. The van der Waals surface area contributed by atoms with Gasteiger partial charge < -0.3 is 0 Å². The molecular formula is C53H33N5. The minimum Gasteiger partial charge on any atom is -0.228 e. The fourth-order valence-corrected chi connectivity index (χ4v) is 8.23. The molecule has 0 amide bonds. The van der Waals surface area contributed by atoms with Crippen molar-refractivity contribution in [1.29, 1.82) is 0 Å². The van der Waals surface area contributed by atoms with Crippen LogP contribution in [0.1, 0.15) is 0 Å². The van der Waals surface area contributed by atoms with E-state index in [2.05, 4.69) is 127 Å². The molecular weight excluding hydrogens is 707 g/mol. The summed E-state index contributed by atoms with van der Waals surface area (Å²) in [5.74, 6) is 2.54. The van der Waals surface area contributed by atoms with E-state index in [0.717, 1.165) is 61.1 Å². The van der Waals surface area contributed by atoms with Crippen molar-refractivity contribution in [3.63, 3.8) is 0 Å². The molecule has 11 rings (SSSR count). The van der Waals surface area contributed by atoms with Gasteiger partial charge in [0.25, 0.3) is 0 Å². The van der Waals surface area contributed by atoms with Gasteiger partial charge in [0.1, 0.15) is 0 Å². The lowest BCUT2D eigenvalue weighted by molar-refractivity contribution is 1.07. The van der Waals surface area contributed by atoms with Gasteiger partial charge in [0, 0.05) is 38.8 Å². The average Bonchev–Trinajstić information content (AvgIpc) is 3.31.